The summed E-state index contributed by atoms with van der Waals surface area (Å²) in [6, 6.07) is 0.624. The highest BCUT2D eigenvalue weighted by Crippen LogP contribution is 2.09. The fraction of sp³-hybridized carbons (Fsp3) is 1.00. The summed E-state index contributed by atoms with van der Waals surface area (Å²) in [7, 11) is 4.31. The van der Waals surface area contributed by atoms with Crippen LogP contribution in [-0.2, 0) is 0 Å². The third-order valence-corrected chi connectivity index (χ3v) is 3.01. The van der Waals surface area contributed by atoms with Crippen molar-refractivity contribution in [1.29, 1.82) is 0 Å². The lowest BCUT2D eigenvalue weighted by Crippen LogP contribution is -2.44. The van der Waals surface area contributed by atoms with Gasteiger partial charge in [-0.25, -0.2) is 0 Å². The van der Waals surface area contributed by atoms with Crippen molar-refractivity contribution >= 4 is 0 Å². The Morgan fingerprint density at radius 3 is 2.56 bits per heavy atom. The Hall–Kier alpha value is -0.120. The number of likely N-dealkylation sites (N-methyl/N-ethyl adjacent to an activating group) is 1. The average molecular weight is 227 g/mol. The van der Waals surface area contributed by atoms with Crippen molar-refractivity contribution in [1.82, 2.24) is 15.1 Å². The summed E-state index contributed by atoms with van der Waals surface area (Å²) >= 11 is 0. The van der Waals surface area contributed by atoms with E-state index >= 15 is 0 Å². The first-order valence-corrected chi connectivity index (χ1v) is 6.57. The van der Waals surface area contributed by atoms with Crippen LogP contribution in [0.3, 0.4) is 0 Å². The molecule has 1 aliphatic heterocycles. The molecule has 16 heavy (non-hydrogen) atoms. The monoisotopic (exact) mass is 227 g/mol. The van der Waals surface area contributed by atoms with Gasteiger partial charge >= 0.3 is 0 Å². The van der Waals surface area contributed by atoms with Crippen LogP contribution in [0, 0.1) is 11.8 Å². The highest BCUT2D eigenvalue weighted by Gasteiger charge is 2.21. The van der Waals surface area contributed by atoms with Crippen molar-refractivity contribution in [2.75, 3.05) is 46.8 Å². The molecule has 0 amide bonds. The van der Waals surface area contributed by atoms with E-state index in [0.717, 1.165) is 24.9 Å². The topological polar surface area (TPSA) is 18.5 Å². The van der Waals surface area contributed by atoms with Crippen LogP contribution in [0.25, 0.3) is 0 Å². The Morgan fingerprint density at radius 1 is 1.31 bits per heavy atom. The summed E-state index contributed by atoms with van der Waals surface area (Å²) in [6.07, 6.45) is 0. The molecule has 1 heterocycles. The summed E-state index contributed by atoms with van der Waals surface area (Å²) in [5.41, 5.74) is 0. The van der Waals surface area contributed by atoms with Gasteiger partial charge in [0, 0.05) is 32.2 Å². The van der Waals surface area contributed by atoms with E-state index in [9.17, 15) is 0 Å². The van der Waals surface area contributed by atoms with Crippen molar-refractivity contribution in [3.05, 3.63) is 0 Å². The molecule has 1 saturated heterocycles. The van der Waals surface area contributed by atoms with E-state index in [0.29, 0.717) is 6.04 Å². The third-order valence-electron chi connectivity index (χ3n) is 3.01. The summed E-state index contributed by atoms with van der Waals surface area (Å²) in [4.78, 5) is 4.91. The van der Waals surface area contributed by atoms with Crippen molar-refractivity contribution in [2.24, 2.45) is 11.8 Å². The second-order valence-corrected chi connectivity index (χ2v) is 6.08. The number of nitrogens with one attached hydrogen (secondary N) is 1. The van der Waals surface area contributed by atoms with Gasteiger partial charge in [0.1, 0.15) is 0 Å². The van der Waals surface area contributed by atoms with Crippen molar-refractivity contribution in [2.45, 2.75) is 26.8 Å². The summed E-state index contributed by atoms with van der Waals surface area (Å²) in [5.74, 6) is 1.54. The first-order chi connectivity index (χ1) is 7.47. The SMILES string of the molecule is CC(C)CN1CC(C)CNC(CN(C)C)C1. The summed E-state index contributed by atoms with van der Waals surface area (Å²) in [5, 5.41) is 3.68. The van der Waals surface area contributed by atoms with Gasteiger partial charge in [-0.1, -0.05) is 20.8 Å². The van der Waals surface area contributed by atoms with Gasteiger partial charge in [0.05, 0.1) is 0 Å². The number of rotatable bonds is 4. The van der Waals surface area contributed by atoms with Gasteiger partial charge in [0.15, 0.2) is 0 Å². The van der Waals surface area contributed by atoms with Gasteiger partial charge in [0.25, 0.3) is 0 Å². The molecule has 1 N–H and O–H groups in total. The fourth-order valence-electron chi connectivity index (χ4n) is 2.55. The quantitative estimate of drug-likeness (QED) is 0.776. The second-order valence-electron chi connectivity index (χ2n) is 6.08. The average Bonchev–Trinajstić information content (AvgIpc) is 2.26. The predicted molar refractivity (Wildman–Crippen MR) is 70.8 cm³/mol. The van der Waals surface area contributed by atoms with E-state index in [1.807, 2.05) is 0 Å². The number of hydrogen-bond donors (Lipinski definition) is 1. The third kappa shape index (κ3) is 5.28. The summed E-state index contributed by atoms with van der Waals surface area (Å²) < 4.78 is 0. The van der Waals surface area contributed by atoms with Crippen LogP contribution in [0.2, 0.25) is 0 Å². The molecule has 96 valence electrons. The second kappa shape index (κ2) is 6.58. The van der Waals surface area contributed by atoms with Gasteiger partial charge in [0.2, 0.25) is 0 Å². The largest absolute Gasteiger partial charge is 0.311 e. The normalized spacial score (nSPS) is 28.7. The maximum Gasteiger partial charge on any atom is 0.0322 e. The predicted octanol–water partition coefficient (Wildman–Crippen LogP) is 1.11. The molecule has 0 aliphatic carbocycles. The maximum absolute atomic E-state index is 3.68. The Bertz CT molecular complexity index is 192. The van der Waals surface area contributed by atoms with Gasteiger partial charge in [-0.2, -0.15) is 0 Å². The first kappa shape index (κ1) is 13.9. The molecular weight excluding hydrogens is 198 g/mol. The molecule has 2 atom stereocenters. The smallest absolute Gasteiger partial charge is 0.0322 e. The molecule has 3 nitrogen and oxygen atoms in total. The summed E-state index contributed by atoms with van der Waals surface area (Å²) in [6.45, 7) is 12.9. The van der Waals surface area contributed by atoms with E-state index in [2.05, 4.69) is 50.0 Å². The molecule has 0 spiro atoms. The lowest BCUT2D eigenvalue weighted by Gasteiger charge is -2.27. The van der Waals surface area contributed by atoms with E-state index in [-0.39, 0.29) is 0 Å². The zero-order chi connectivity index (χ0) is 12.1. The van der Waals surface area contributed by atoms with Crippen LogP contribution in [0.1, 0.15) is 20.8 Å². The number of hydrogen-bond acceptors (Lipinski definition) is 3. The highest BCUT2D eigenvalue weighted by molar-refractivity contribution is 4.81. The van der Waals surface area contributed by atoms with Gasteiger partial charge in [-0.05, 0) is 32.5 Å². The zero-order valence-corrected chi connectivity index (χ0v) is 11.7. The van der Waals surface area contributed by atoms with Gasteiger partial charge < -0.3 is 15.1 Å². The Morgan fingerprint density at radius 2 is 2.00 bits per heavy atom. The minimum absolute atomic E-state index is 0.624. The Balaban J connectivity index is 2.49. The van der Waals surface area contributed by atoms with Crippen LogP contribution in [0.5, 0.6) is 0 Å². The molecule has 0 aromatic carbocycles. The lowest BCUT2D eigenvalue weighted by atomic mass is 10.1. The fourth-order valence-corrected chi connectivity index (χ4v) is 2.55. The molecule has 0 aromatic heterocycles. The molecule has 2 unspecified atom stereocenters. The molecule has 0 saturated carbocycles. The molecule has 3 heteroatoms. The minimum atomic E-state index is 0.624. The number of nitrogens with zero attached hydrogens (tertiary/aromatic N) is 2. The lowest BCUT2D eigenvalue weighted by molar-refractivity contribution is 0.211. The zero-order valence-electron chi connectivity index (χ0n) is 11.7. The van der Waals surface area contributed by atoms with Crippen LogP contribution in [-0.4, -0.2) is 62.7 Å². The van der Waals surface area contributed by atoms with E-state index in [1.165, 1.54) is 19.6 Å². The van der Waals surface area contributed by atoms with Crippen LogP contribution < -0.4 is 5.32 Å². The minimum Gasteiger partial charge on any atom is -0.311 e. The van der Waals surface area contributed by atoms with Crippen LogP contribution >= 0.6 is 0 Å². The van der Waals surface area contributed by atoms with E-state index in [1.54, 1.807) is 0 Å². The van der Waals surface area contributed by atoms with Crippen molar-refractivity contribution in [3.63, 3.8) is 0 Å². The van der Waals surface area contributed by atoms with Crippen LogP contribution in [0.4, 0.5) is 0 Å². The standard InChI is InChI=1S/C13H29N3/c1-11(2)7-16-8-12(3)6-14-13(10-16)9-15(4)5/h11-14H,6-10H2,1-5H3. The molecular formula is C13H29N3. The van der Waals surface area contributed by atoms with E-state index < -0.39 is 0 Å². The van der Waals surface area contributed by atoms with Gasteiger partial charge in [-0.15, -0.1) is 0 Å². The molecule has 0 bridgehead atoms. The van der Waals surface area contributed by atoms with Crippen LogP contribution in [0.15, 0.2) is 0 Å². The first-order valence-electron chi connectivity index (χ1n) is 6.57. The molecule has 1 rings (SSSR count). The highest BCUT2D eigenvalue weighted by atomic mass is 15.2. The molecule has 0 radical (unpaired) electrons. The van der Waals surface area contributed by atoms with Gasteiger partial charge in [-0.3, -0.25) is 0 Å². The van der Waals surface area contributed by atoms with Crippen molar-refractivity contribution < 1.29 is 0 Å². The van der Waals surface area contributed by atoms with E-state index in [4.69, 9.17) is 0 Å². The molecule has 1 aliphatic rings. The molecule has 1 fully saturated rings. The Labute approximate surface area is 101 Å². The maximum atomic E-state index is 3.68. The Kier molecular flexibility index (Phi) is 5.73. The molecule has 0 aromatic rings. The van der Waals surface area contributed by atoms with Crippen molar-refractivity contribution in [3.8, 4) is 0 Å².